The van der Waals surface area contributed by atoms with Crippen molar-refractivity contribution in [3.8, 4) is 0 Å². The zero-order valence-electron chi connectivity index (χ0n) is 11.1. The number of unbranched alkanes of at least 4 members (excludes halogenated alkanes) is 7. The number of hydrogen-bond donors (Lipinski definition) is 0. The summed E-state index contributed by atoms with van der Waals surface area (Å²) < 4.78 is 5.20. The van der Waals surface area contributed by atoms with Crippen molar-refractivity contribution in [2.45, 2.75) is 70.8 Å². The molecule has 1 nitrogen and oxygen atoms in total. The van der Waals surface area contributed by atoms with E-state index in [1.165, 1.54) is 51.4 Å². The first-order valence-corrected chi connectivity index (χ1v) is 6.13. The molecule has 0 N–H and O–H groups in total. The fourth-order valence-corrected chi connectivity index (χ4v) is 1.61. The molecule has 0 heterocycles. The van der Waals surface area contributed by atoms with Crippen molar-refractivity contribution in [2.24, 2.45) is 0 Å². The number of rotatable bonds is 10. The van der Waals surface area contributed by atoms with Crippen molar-refractivity contribution in [1.82, 2.24) is 0 Å². The van der Waals surface area contributed by atoms with Crippen LogP contribution in [0.1, 0.15) is 64.7 Å². The van der Waals surface area contributed by atoms with Gasteiger partial charge in [0.25, 0.3) is 0 Å². The zero-order valence-corrected chi connectivity index (χ0v) is 13.1. The van der Waals surface area contributed by atoms with E-state index in [1.54, 1.807) is 7.11 Å². The van der Waals surface area contributed by atoms with E-state index in [4.69, 9.17) is 4.74 Å². The van der Waals surface area contributed by atoms with Gasteiger partial charge in [-0.05, 0) is 13.3 Å². The summed E-state index contributed by atoms with van der Waals surface area (Å²) in [7, 11) is 1.80. The van der Waals surface area contributed by atoms with E-state index in [-0.39, 0.29) is 29.6 Å². The van der Waals surface area contributed by atoms with Crippen LogP contribution in [-0.4, -0.2) is 13.2 Å². The van der Waals surface area contributed by atoms with Gasteiger partial charge in [0.15, 0.2) is 0 Å². The first-order chi connectivity index (χ1) is 6.81. The van der Waals surface area contributed by atoms with Crippen LogP contribution in [0.5, 0.6) is 0 Å². The summed E-state index contributed by atoms with van der Waals surface area (Å²) in [5.74, 6) is 0. The average Bonchev–Trinajstić information content (AvgIpc) is 2.21. The second-order valence-electron chi connectivity index (χ2n) is 4.16. The predicted molar refractivity (Wildman–Crippen MR) is 63.4 cm³/mol. The molecule has 2 heteroatoms. The molecule has 0 rings (SSSR count). The third kappa shape index (κ3) is 15.0. The molecule has 0 aromatic heterocycles. The van der Waals surface area contributed by atoms with Crippen molar-refractivity contribution in [2.75, 3.05) is 7.11 Å². The molecule has 15 heavy (non-hydrogen) atoms. The summed E-state index contributed by atoms with van der Waals surface area (Å²) in [5.41, 5.74) is 0. The quantitative estimate of drug-likeness (QED) is 0.308. The van der Waals surface area contributed by atoms with Crippen LogP contribution in [0.3, 0.4) is 0 Å². The van der Waals surface area contributed by atoms with Gasteiger partial charge >= 0.3 is 29.6 Å². The van der Waals surface area contributed by atoms with Crippen LogP contribution in [0, 0.1) is 6.92 Å². The van der Waals surface area contributed by atoms with E-state index in [9.17, 15) is 0 Å². The van der Waals surface area contributed by atoms with E-state index in [0.717, 1.165) is 6.42 Å². The molecule has 0 spiro atoms. The van der Waals surface area contributed by atoms with Gasteiger partial charge in [-0.15, -0.1) is 0 Å². The van der Waals surface area contributed by atoms with Gasteiger partial charge in [0.1, 0.15) is 0 Å². The van der Waals surface area contributed by atoms with Crippen molar-refractivity contribution in [3.05, 3.63) is 6.92 Å². The van der Waals surface area contributed by atoms with Crippen LogP contribution >= 0.6 is 0 Å². The minimum atomic E-state index is 0. The molecule has 0 radical (unpaired) electrons. The minimum absolute atomic E-state index is 0. The molecule has 1 atom stereocenters. The first-order valence-electron chi connectivity index (χ1n) is 6.13. The normalized spacial score (nSPS) is 12.2. The second kappa shape index (κ2) is 15.0. The van der Waals surface area contributed by atoms with Crippen molar-refractivity contribution in [3.63, 3.8) is 0 Å². The van der Waals surface area contributed by atoms with E-state index < -0.39 is 0 Å². The Bertz CT molecular complexity index is 107. The Morgan fingerprint density at radius 2 is 1.40 bits per heavy atom. The molecule has 0 aromatic rings. The largest absolute Gasteiger partial charge is 1.00 e. The molecule has 0 saturated carbocycles. The molecule has 0 bridgehead atoms. The van der Waals surface area contributed by atoms with Gasteiger partial charge in [0.2, 0.25) is 0 Å². The van der Waals surface area contributed by atoms with Crippen molar-refractivity contribution in [1.29, 1.82) is 0 Å². The monoisotopic (exact) mass is 222 g/mol. The first kappa shape index (κ1) is 18.3. The smallest absolute Gasteiger partial charge is 0.382 e. The SMILES string of the molecule is [CH2-]CCCCCCCCCC(C)OC.[Na+]. The molecular weight excluding hydrogens is 195 g/mol. The maximum absolute atomic E-state index is 5.20. The number of hydrogen-bond acceptors (Lipinski definition) is 1. The molecule has 0 saturated heterocycles. The minimum Gasteiger partial charge on any atom is -0.382 e. The summed E-state index contributed by atoms with van der Waals surface area (Å²) in [5, 5.41) is 0. The Balaban J connectivity index is 0. The summed E-state index contributed by atoms with van der Waals surface area (Å²) in [4.78, 5) is 0. The summed E-state index contributed by atoms with van der Waals surface area (Å²) >= 11 is 0. The van der Waals surface area contributed by atoms with E-state index in [0.29, 0.717) is 6.10 Å². The van der Waals surface area contributed by atoms with E-state index >= 15 is 0 Å². The predicted octanol–water partition coefficient (Wildman–Crippen LogP) is 1.37. The van der Waals surface area contributed by atoms with Crippen LogP contribution in [0.15, 0.2) is 0 Å². The van der Waals surface area contributed by atoms with Crippen molar-refractivity contribution >= 4 is 0 Å². The van der Waals surface area contributed by atoms with Gasteiger partial charge < -0.3 is 11.7 Å². The maximum atomic E-state index is 5.20. The van der Waals surface area contributed by atoms with Crippen LogP contribution in [-0.2, 0) is 4.74 Å². The van der Waals surface area contributed by atoms with Gasteiger partial charge in [-0.1, -0.05) is 44.9 Å². The molecule has 1 unspecified atom stereocenters. The Morgan fingerprint density at radius 3 is 1.87 bits per heavy atom. The van der Waals surface area contributed by atoms with E-state index in [2.05, 4.69) is 13.8 Å². The molecule has 0 fully saturated rings. The van der Waals surface area contributed by atoms with Gasteiger partial charge in [-0.2, -0.15) is 6.42 Å². The number of ether oxygens (including phenoxy) is 1. The Labute approximate surface area is 119 Å². The second-order valence-corrected chi connectivity index (χ2v) is 4.16. The standard InChI is InChI=1S/C13H27O.Na/c1-4-5-6-7-8-9-10-11-12-13(2)14-3;/h13H,1,4-12H2,2-3H3;/q-1;+1. The van der Waals surface area contributed by atoms with Crippen LogP contribution in [0.25, 0.3) is 0 Å². The third-order valence-corrected chi connectivity index (χ3v) is 2.76. The van der Waals surface area contributed by atoms with Gasteiger partial charge in [0.05, 0.1) is 6.10 Å². The summed E-state index contributed by atoms with van der Waals surface area (Å²) in [6.07, 6.45) is 12.3. The molecule has 0 aliphatic heterocycles. The maximum Gasteiger partial charge on any atom is 1.00 e. The Hall–Kier alpha value is 0.960. The van der Waals surface area contributed by atoms with Crippen LogP contribution < -0.4 is 29.6 Å². The molecular formula is C13H27NaO. The Kier molecular flexibility index (Phi) is 18.3. The molecule has 0 aliphatic rings. The Morgan fingerprint density at radius 1 is 0.933 bits per heavy atom. The van der Waals surface area contributed by atoms with Gasteiger partial charge in [0, 0.05) is 7.11 Å². The topological polar surface area (TPSA) is 9.23 Å². The van der Waals surface area contributed by atoms with Gasteiger partial charge in [-0.25, -0.2) is 0 Å². The molecule has 86 valence electrons. The molecule has 0 aromatic carbocycles. The zero-order chi connectivity index (χ0) is 10.6. The van der Waals surface area contributed by atoms with Crippen LogP contribution in [0.2, 0.25) is 0 Å². The fourth-order valence-electron chi connectivity index (χ4n) is 1.61. The fraction of sp³-hybridized carbons (Fsp3) is 0.923. The third-order valence-electron chi connectivity index (χ3n) is 2.76. The number of methoxy groups -OCH3 is 1. The van der Waals surface area contributed by atoms with Crippen LogP contribution in [0.4, 0.5) is 0 Å². The van der Waals surface area contributed by atoms with E-state index in [1.807, 2.05) is 0 Å². The van der Waals surface area contributed by atoms with Gasteiger partial charge in [-0.3, -0.25) is 0 Å². The molecule has 0 aliphatic carbocycles. The average molecular weight is 222 g/mol. The summed E-state index contributed by atoms with van der Waals surface area (Å²) in [6.45, 7) is 5.99. The summed E-state index contributed by atoms with van der Waals surface area (Å²) in [6, 6.07) is 0. The van der Waals surface area contributed by atoms with Crippen molar-refractivity contribution < 1.29 is 34.3 Å². The molecule has 0 amide bonds.